The SMILES string of the molecule is O=C(O)[C@H](OCO)[C@@H](OCO)[C@H](OCO)[C@@H](COCO)OCO. The second-order valence-corrected chi connectivity index (χ2v) is 3.91. The lowest BCUT2D eigenvalue weighted by Crippen LogP contribution is -2.53. The number of carboxylic acid groups (broad SMARTS) is 1. The fraction of sp³-hybridized carbons (Fsp3) is 0.909. The van der Waals surface area contributed by atoms with Crippen molar-refractivity contribution in [2.24, 2.45) is 0 Å². The number of aliphatic carboxylic acids is 1. The van der Waals surface area contributed by atoms with Crippen LogP contribution in [0.2, 0.25) is 0 Å². The second kappa shape index (κ2) is 13.5. The maximum Gasteiger partial charge on any atom is 0.335 e. The van der Waals surface area contributed by atoms with Crippen LogP contribution in [0.5, 0.6) is 0 Å². The van der Waals surface area contributed by atoms with Gasteiger partial charge in [-0.15, -0.1) is 0 Å². The molecule has 0 saturated carbocycles. The number of carbonyl (C=O) groups is 1. The minimum Gasteiger partial charge on any atom is -0.479 e. The van der Waals surface area contributed by atoms with Gasteiger partial charge in [-0.3, -0.25) is 0 Å². The van der Waals surface area contributed by atoms with Gasteiger partial charge in [0.1, 0.15) is 52.3 Å². The van der Waals surface area contributed by atoms with Crippen LogP contribution in [0.15, 0.2) is 0 Å². The fourth-order valence-electron chi connectivity index (χ4n) is 1.83. The summed E-state index contributed by atoms with van der Waals surface area (Å²) in [5, 5.41) is 53.3. The van der Waals surface area contributed by atoms with Crippen LogP contribution >= 0.6 is 0 Å². The highest BCUT2D eigenvalue weighted by Crippen LogP contribution is 2.18. The zero-order chi connectivity index (χ0) is 17.7. The molecule has 0 saturated heterocycles. The van der Waals surface area contributed by atoms with Gasteiger partial charge >= 0.3 is 5.97 Å². The Labute approximate surface area is 131 Å². The molecule has 0 spiro atoms. The molecule has 138 valence electrons. The van der Waals surface area contributed by atoms with Gasteiger partial charge < -0.3 is 54.3 Å². The Balaban J connectivity index is 5.40. The molecule has 0 rings (SSSR count). The Morgan fingerprint density at radius 3 is 1.70 bits per heavy atom. The summed E-state index contributed by atoms with van der Waals surface area (Å²) in [4.78, 5) is 11.2. The van der Waals surface area contributed by atoms with Gasteiger partial charge in [0.2, 0.25) is 0 Å². The first-order valence-electron chi connectivity index (χ1n) is 6.38. The van der Waals surface area contributed by atoms with E-state index in [1.165, 1.54) is 0 Å². The van der Waals surface area contributed by atoms with Gasteiger partial charge in [0.25, 0.3) is 0 Å². The predicted molar refractivity (Wildman–Crippen MR) is 68.5 cm³/mol. The van der Waals surface area contributed by atoms with E-state index in [9.17, 15) is 4.79 Å². The largest absolute Gasteiger partial charge is 0.479 e. The number of hydrogen-bond donors (Lipinski definition) is 6. The first kappa shape index (κ1) is 22.1. The summed E-state index contributed by atoms with van der Waals surface area (Å²) < 4.78 is 24.0. The molecule has 0 aromatic rings. The zero-order valence-electron chi connectivity index (χ0n) is 12.2. The molecule has 0 fully saturated rings. The van der Waals surface area contributed by atoms with E-state index in [1.807, 2.05) is 0 Å². The van der Waals surface area contributed by atoms with Gasteiger partial charge in [-0.2, -0.15) is 0 Å². The van der Waals surface area contributed by atoms with Crippen molar-refractivity contribution >= 4 is 5.97 Å². The van der Waals surface area contributed by atoms with E-state index in [0.717, 1.165) is 0 Å². The molecule has 0 aliphatic rings. The highest BCUT2D eigenvalue weighted by molar-refractivity contribution is 5.73. The van der Waals surface area contributed by atoms with Crippen molar-refractivity contribution in [2.45, 2.75) is 24.4 Å². The summed E-state index contributed by atoms with van der Waals surface area (Å²) in [7, 11) is 0. The zero-order valence-corrected chi connectivity index (χ0v) is 12.2. The minimum absolute atomic E-state index is 0.363. The number of aliphatic hydroxyl groups is 5. The minimum atomic E-state index is -1.79. The molecule has 23 heavy (non-hydrogen) atoms. The smallest absolute Gasteiger partial charge is 0.335 e. The van der Waals surface area contributed by atoms with Gasteiger partial charge in [0, 0.05) is 0 Å². The van der Waals surface area contributed by atoms with Crippen molar-refractivity contribution in [2.75, 3.05) is 40.6 Å². The molecule has 4 atom stereocenters. The lowest BCUT2D eigenvalue weighted by Gasteiger charge is -2.34. The molecule has 0 aliphatic carbocycles. The van der Waals surface area contributed by atoms with E-state index < -0.39 is 64.3 Å². The average Bonchev–Trinajstić information content (AvgIpc) is 2.53. The van der Waals surface area contributed by atoms with Crippen LogP contribution in [0, 0.1) is 0 Å². The Morgan fingerprint density at radius 1 is 0.739 bits per heavy atom. The van der Waals surface area contributed by atoms with Crippen LogP contribution in [-0.2, 0) is 28.5 Å². The van der Waals surface area contributed by atoms with Gasteiger partial charge in [-0.05, 0) is 0 Å². The van der Waals surface area contributed by atoms with Gasteiger partial charge in [-0.25, -0.2) is 4.79 Å². The molecule has 0 unspecified atom stereocenters. The van der Waals surface area contributed by atoms with E-state index in [-0.39, 0.29) is 6.61 Å². The normalized spacial score (nSPS) is 16.7. The molecule has 0 heterocycles. The Hall–Kier alpha value is -0.930. The summed E-state index contributed by atoms with van der Waals surface area (Å²) in [6.07, 6.45) is -5.92. The molecular formula is C11H22O12. The van der Waals surface area contributed by atoms with Crippen LogP contribution in [0.1, 0.15) is 0 Å². The number of ether oxygens (including phenoxy) is 5. The van der Waals surface area contributed by atoms with Gasteiger partial charge in [0.15, 0.2) is 6.10 Å². The van der Waals surface area contributed by atoms with Crippen molar-refractivity contribution in [3.63, 3.8) is 0 Å². The van der Waals surface area contributed by atoms with Crippen LogP contribution < -0.4 is 0 Å². The topological polar surface area (TPSA) is 185 Å². The van der Waals surface area contributed by atoms with Crippen LogP contribution in [0.4, 0.5) is 0 Å². The summed E-state index contributed by atoms with van der Waals surface area (Å²) in [6, 6.07) is 0. The highest BCUT2D eigenvalue weighted by Gasteiger charge is 2.41. The predicted octanol–water partition coefficient (Wildman–Crippen LogP) is -3.62. The quantitative estimate of drug-likeness (QED) is 0.160. The fourth-order valence-corrected chi connectivity index (χ4v) is 1.83. The maximum atomic E-state index is 11.2. The number of carboxylic acids is 1. The van der Waals surface area contributed by atoms with Crippen LogP contribution in [0.3, 0.4) is 0 Å². The molecule has 12 heteroatoms. The van der Waals surface area contributed by atoms with E-state index in [4.69, 9.17) is 49.6 Å². The molecule has 0 bridgehead atoms. The van der Waals surface area contributed by atoms with E-state index >= 15 is 0 Å². The van der Waals surface area contributed by atoms with Gasteiger partial charge in [0.05, 0.1) is 6.61 Å². The lowest BCUT2D eigenvalue weighted by molar-refractivity contribution is -0.241. The van der Waals surface area contributed by atoms with Crippen molar-refractivity contribution in [3.8, 4) is 0 Å². The van der Waals surface area contributed by atoms with Crippen molar-refractivity contribution < 1.29 is 59.1 Å². The third-order valence-corrected chi connectivity index (χ3v) is 2.68. The molecule has 0 aromatic heterocycles. The molecule has 12 nitrogen and oxygen atoms in total. The molecule has 6 N–H and O–H groups in total. The molecule has 0 aliphatic heterocycles. The summed E-state index contributed by atoms with van der Waals surface area (Å²) in [5.74, 6) is -1.55. The van der Waals surface area contributed by atoms with E-state index in [1.54, 1.807) is 0 Å². The second-order valence-electron chi connectivity index (χ2n) is 3.91. The molecular weight excluding hydrogens is 324 g/mol. The maximum absolute atomic E-state index is 11.2. The summed E-state index contributed by atoms with van der Waals surface area (Å²) in [5.41, 5.74) is 0. The Kier molecular flexibility index (Phi) is 13.0. The Bertz CT molecular complexity index is 301. The monoisotopic (exact) mass is 346 g/mol. The van der Waals surface area contributed by atoms with Crippen molar-refractivity contribution in [3.05, 3.63) is 0 Å². The third-order valence-electron chi connectivity index (χ3n) is 2.68. The summed E-state index contributed by atoms with van der Waals surface area (Å²) in [6.45, 7) is -4.65. The van der Waals surface area contributed by atoms with Crippen LogP contribution in [-0.4, -0.2) is 102 Å². The van der Waals surface area contributed by atoms with E-state index in [0.29, 0.717) is 0 Å². The van der Waals surface area contributed by atoms with Crippen LogP contribution in [0.25, 0.3) is 0 Å². The standard InChI is InChI=1S/C11H22O12/c12-2-19-1-7(20-3-13)8(21-4-14)9(22-5-15)10(11(17)18)23-6-16/h7-10,12-16H,1-6H2,(H,17,18)/t7-,8-,9+,10-/m1/s1. The number of rotatable bonds is 15. The highest BCUT2D eigenvalue weighted by atomic mass is 16.7. The summed E-state index contributed by atoms with van der Waals surface area (Å²) >= 11 is 0. The average molecular weight is 346 g/mol. The first-order valence-corrected chi connectivity index (χ1v) is 6.38. The molecule has 0 radical (unpaired) electrons. The van der Waals surface area contributed by atoms with E-state index in [2.05, 4.69) is 4.74 Å². The van der Waals surface area contributed by atoms with Crippen molar-refractivity contribution in [1.29, 1.82) is 0 Å². The van der Waals surface area contributed by atoms with Gasteiger partial charge in [-0.1, -0.05) is 0 Å². The third kappa shape index (κ3) is 7.94. The number of hydrogen-bond acceptors (Lipinski definition) is 11. The lowest BCUT2D eigenvalue weighted by atomic mass is 10.0. The Morgan fingerprint density at radius 2 is 1.26 bits per heavy atom. The molecule has 0 amide bonds. The number of aliphatic hydroxyl groups excluding tert-OH is 5. The molecule has 0 aromatic carbocycles. The first-order chi connectivity index (χ1) is 11.1. The van der Waals surface area contributed by atoms with Crippen molar-refractivity contribution in [1.82, 2.24) is 0 Å².